The van der Waals surface area contributed by atoms with Crippen molar-refractivity contribution in [3.05, 3.63) is 11.1 Å². The van der Waals surface area contributed by atoms with E-state index in [4.69, 9.17) is 9.47 Å². The Balaban J connectivity index is 1.85. The molecule has 142 valence electrons. The predicted molar refractivity (Wildman–Crippen MR) is 94.0 cm³/mol. The van der Waals surface area contributed by atoms with Gasteiger partial charge in [0.05, 0.1) is 23.4 Å². The SMILES string of the molecule is CC1=C2CCC(C)C3CCC(C)(O)C(CCC(C)(O)CC2OC1=O)O3. The van der Waals surface area contributed by atoms with Crippen molar-refractivity contribution in [3.8, 4) is 0 Å². The Hall–Kier alpha value is -0.910. The third-order valence-corrected chi connectivity index (χ3v) is 6.47. The van der Waals surface area contributed by atoms with Gasteiger partial charge in [-0.1, -0.05) is 6.92 Å². The van der Waals surface area contributed by atoms with Gasteiger partial charge < -0.3 is 19.7 Å². The largest absolute Gasteiger partial charge is 0.454 e. The fourth-order valence-corrected chi connectivity index (χ4v) is 4.51. The highest BCUT2D eigenvalue weighted by Crippen LogP contribution is 2.40. The van der Waals surface area contributed by atoms with Crippen LogP contribution in [0, 0.1) is 5.92 Å². The molecule has 2 fully saturated rings. The van der Waals surface area contributed by atoms with Gasteiger partial charge in [-0.3, -0.25) is 0 Å². The lowest BCUT2D eigenvalue weighted by Gasteiger charge is -2.44. The van der Waals surface area contributed by atoms with E-state index in [0.717, 1.165) is 31.3 Å². The van der Waals surface area contributed by atoms with Crippen LogP contribution in [0.5, 0.6) is 0 Å². The van der Waals surface area contributed by atoms with Crippen LogP contribution >= 0.6 is 0 Å². The minimum Gasteiger partial charge on any atom is -0.454 e. The molecule has 3 rings (SSSR count). The number of aliphatic hydroxyl groups is 2. The molecule has 0 aromatic carbocycles. The topological polar surface area (TPSA) is 76.0 Å². The molecule has 0 radical (unpaired) electrons. The fraction of sp³-hybridized carbons (Fsp3) is 0.850. The van der Waals surface area contributed by atoms with Crippen molar-refractivity contribution >= 4 is 5.97 Å². The molecule has 2 bridgehead atoms. The Morgan fingerprint density at radius 3 is 2.56 bits per heavy atom. The number of esters is 1. The summed E-state index contributed by atoms with van der Waals surface area (Å²) in [4.78, 5) is 12.0. The lowest BCUT2D eigenvalue weighted by Crippen LogP contribution is -2.50. The van der Waals surface area contributed by atoms with Gasteiger partial charge in [0.1, 0.15) is 6.10 Å². The van der Waals surface area contributed by atoms with Crippen molar-refractivity contribution < 1.29 is 24.5 Å². The van der Waals surface area contributed by atoms with Crippen molar-refractivity contribution in [2.45, 2.75) is 102 Å². The van der Waals surface area contributed by atoms with E-state index in [1.54, 1.807) is 6.92 Å². The Morgan fingerprint density at radius 2 is 1.84 bits per heavy atom. The normalized spacial score (nSPS) is 46.1. The summed E-state index contributed by atoms with van der Waals surface area (Å²) in [6.45, 7) is 7.64. The van der Waals surface area contributed by atoms with Crippen LogP contribution < -0.4 is 0 Å². The first-order chi connectivity index (χ1) is 11.6. The Labute approximate surface area is 150 Å². The van der Waals surface area contributed by atoms with E-state index >= 15 is 0 Å². The van der Waals surface area contributed by atoms with E-state index in [0.29, 0.717) is 30.8 Å². The molecule has 2 N–H and O–H groups in total. The number of hydrogen-bond acceptors (Lipinski definition) is 5. The Kier molecular flexibility index (Phi) is 5.04. The lowest BCUT2D eigenvalue weighted by molar-refractivity contribution is -0.186. The monoisotopic (exact) mass is 352 g/mol. The van der Waals surface area contributed by atoms with Crippen LogP contribution in [0.3, 0.4) is 0 Å². The Bertz CT molecular complexity index is 562. The van der Waals surface area contributed by atoms with Gasteiger partial charge in [-0.15, -0.1) is 0 Å². The van der Waals surface area contributed by atoms with E-state index in [9.17, 15) is 15.0 Å². The average Bonchev–Trinajstić information content (AvgIpc) is 2.76. The molecule has 3 aliphatic heterocycles. The van der Waals surface area contributed by atoms with E-state index in [1.807, 2.05) is 13.8 Å². The summed E-state index contributed by atoms with van der Waals surface area (Å²) in [6, 6.07) is 0. The minimum absolute atomic E-state index is 0.118. The van der Waals surface area contributed by atoms with Crippen LogP contribution in [0.25, 0.3) is 0 Å². The van der Waals surface area contributed by atoms with Crippen LogP contribution in [-0.2, 0) is 14.3 Å². The number of rotatable bonds is 0. The molecule has 3 heterocycles. The molecule has 2 saturated heterocycles. The summed E-state index contributed by atoms with van der Waals surface area (Å²) < 4.78 is 11.8. The van der Waals surface area contributed by atoms with Gasteiger partial charge >= 0.3 is 5.97 Å². The smallest absolute Gasteiger partial charge is 0.334 e. The molecule has 0 saturated carbocycles. The summed E-state index contributed by atoms with van der Waals surface area (Å²) in [7, 11) is 0. The number of fused-ring (bicyclic) bond motifs is 3. The maximum Gasteiger partial charge on any atom is 0.334 e. The second-order valence-corrected chi connectivity index (χ2v) is 8.86. The molecular formula is C20H32O5. The molecule has 0 aromatic rings. The molecule has 6 unspecified atom stereocenters. The minimum atomic E-state index is -0.960. The quantitative estimate of drug-likeness (QED) is 0.656. The molecule has 5 nitrogen and oxygen atoms in total. The van der Waals surface area contributed by atoms with Crippen molar-refractivity contribution in [3.63, 3.8) is 0 Å². The Morgan fingerprint density at radius 1 is 1.12 bits per heavy atom. The van der Waals surface area contributed by atoms with E-state index in [2.05, 4.69) is 6.92 Å². The molecule has 5 heteroatoms. The van der Waals surface area contributed by atoms with Gasteiger partial charge in [0, 0.05) is 12.0 Å². The van der Waals surface area contributed by atoms with E-state index in [-0.39, 0.29) is 24.3 Å². The first-order valence-electron chi connectivity index (χ1n) is 9.60. The highest BCUT2D eigenvalue weighted by molar-refractivity contribution is 5.91. The van der Waals surface area contributed by atoms with E-state index in [1.165, 1.54) is 0 Å². The summed E-state index contributed by atoms with van der Waals surface area (Å²) >= 11 is 0. The van der Waals surface area contributed by atoms with Gasteiger partial charge in [0.2, 0.25) is 0 Å². The molecule has 6 atom stereocenters. The van der Waals surface area contributed by atoms with Gasteiger partial charge in [0.25, 0.3) is 0 Å². The van der Waals surface area contributed by atoms with Crippen LogP contribution in [0.1, 0.15) is 72.6 Å². The number of hydrogen-bond donors (Lipinski definition) is 2. The molecular weight excluding hydrogens is 320 g/mol. The van der Waals surface area contributed by atoms with Crippen molar-refractivity contribution in [1.82, 2.24) is 0 Å². The average molecular weight is 352 g/mol. The number of carbonyl (C=O) groups is 1. The van der Waals surface area contributed by atoms with Crippen LogP contribution in [0.4, 0.5) is 0 Å². The molecule has 25 heavy (non-hydrogen) atoms. The molecule has 0 amide bonds. The molecule has 0 aliphatic carbocycles. The third-order valence-electron chi connectivity index (χ3n) is 6.47. The highest BCUT2D eigenvalue weighted by Gasteiger charge is 2.43. The van der Waals surface area contributed by atoms with Crippen LogP contribution in [0.15, 0.2) is 11.1 Å². The molecule has 0 aromatic heterocycles. The summed E-state index contributed by atoms with van der Waals surface area (Å²) in [5, 5.41) is 21.5. The summed E-state index contributed by atoms with van der Waals surface area (Å²) in [6.07, 6.45) is 4.32. The van der Waals surface area contributed by atoms with Crippen molar-refractivity contribution in [2.75, 3.05) is 0 Å². The zero-order valence-corrected chi connectivity index (χ0v) is 15.9. The highest BCUT2D eigenvalue weighted by atomic mass is 16.5. The van der Waals surface area contributed by atoms with Gasteiger partial charge in [-0.25, -0.2) is 4.79 Å². The maximum absolute atomic E-state index is 12.0. The maximum atomic E-state index is 12.0. The molecule has 3 aliphatic rings. The van der Waals surface area contributed by atoms with Gasteiger partial charge in [-0.2, -0.15) is 0 Å². The zero-order valence-electron chi connectivity index (χ0n) is 15.9. The lowest BCUT2D eigenvalue weighted by atomic mass is 9.78. The van der Waals surface area contributed by atoms with Crippen molar-refractivity contribution in [1.29, 1.82) is 0 Å². The van der Waals surface area contributed by atoms with Gasteiger partial charge in [-0.05, 0) is 70.8 Å². The third kappa shape index (κ3) is 3.93. The van der Waals surface area contributed by atoms with Crippen LogP contribution in [0.2, 0.25) is 0 Å². The van der Waals surface area contributed by atoms with Crippen LogP contribution in [-0.4, -0.2) is 45.7 Å². The summed E-state index contributed by atoms with van der Waals surface area (Å²) in [5.74, 6) is 0.103. The fourth-order valence-electron chi connectivity index (χ4n) is 4.51. The number of carbonyl (C=O) groups excluding carboxylic acids is 1. The summed E-state index contributed by atoms with van der Waals surface area (Å²) in [5.41, 5.74) is -0.0666. The first kappa shape index (κ1) is 18.9. The van der Waals surface area contributed by atoms with Gasteiger partial charge in [0.15, 0.2) is 0 Å². The molecule has 0 spiro atoms. The standard InChI is InChI=1S/C20H32O5/c1-12-5-6-14-13(2)18(21)25-16(14)11-19(3,22)9-8-17-20(4,23)10-7-15(12)24-17/h12,15-17,22-23H,5-11H2,1-4H3. The zero-order chi connectivity index (χ0) is 18.4. The second kappa shape index (κ2) is 6.67. The van der Waals surface area contributed by atoms with Crippen molar-refractivity contribution in [2.24, 2.45) is 5.92 Å². The predicted octanol–water partition coefficient (Wildman–Crippen LogP) is 2.88. The number of ether oxygens (including phenoxy) is 2. The first-order valence-corrected chi connectivity index (χ1v) is 9.60. The second-order valence-electron chi connectivity index (χ2n) is 8.86. The van der Waals surface area contributed by atoms with E-state index < -0.39 is 11.2 Å².